The number of aryl methyl sites for hydroxylation is 1. The summed E-state index contributed by atoms with van der Waals surface area (Å²) in [7, 11) is 0. The fourth-order valence-electron chi connectivity index (χ4n) is 2.08. The predicted octanol–water partition coefficient (Wildman–Crippen LogP) is 4.54. The van der Waals surface area contributed by atoms with E-state index in [1.54, 1.807) is 0 Å². The van der Waals surface area contributed by atoms with E-state index in [1.807, 2.05) is 67.6 Å². The Hall–Kier alpha value is -2.35. The van der Waals surface area contributed by atoms with Crippen molar-refractivity contribution in [1.82, 2.24) is 0 Å². The van der Waals surface area contributed by atoms with Crippen LogP contribution in [0.5, 0.6) is 5.75 Å². The first-order valence-corrected chi connectivity index (χ1v) is 7.21. The summed E-state index contributed by atoms with van der Waals surface area (Å²) < 4.78 is 5.66. The zero-order chi connectivity index (χ0) is 15.1. The number of carbonyl (C=O) groups is 1. The topological polar surface area (TPSA) is 26.3 Å². The van der Waals surface area contributed by atoms with Gasteiger partial charge in [0.05, 0.1) is 0 Å². The highest BCUT2D eigenvalue weighted by molar-refractivity contribution is 5.97. The van der Waals surface area contributed by atoms with E-state index in [2.05, 4.69) is 6.92 Å². The Morgan fingerprint density at radius 2 is 1.81 bits per heavy atom. The molecular weight excluding hydrogens is 260 g/mol. The van der Waals surface area contributed by atoms with Crippen LogP contribution in [0.2, 0.25) is 0 Å². The zero-order valence-corrected chi connectivity index (χ0v) is 12.5. The number of rotatable bonds is 6. The standard InChI is InChI=1S/C19H20O2/c1-3-7-17-8-5-6-9-19(17)21-14-18(20)16-12-10-15(4-2)11-13-16/h3,5-13H,4,14H2,1-2H3. The molecule has 2 aromatic carbocycles. The number of ketones is 1. The average Bonchev–Trinajstić information content (AvgIpc) is 2.54. The summed E-state index contributed by atoms with van der Waals surface area (Å²) in [5, 5.41) is 0. The van der Waals surface area contributed by atoms with Gasteiger partial charge in [0.25, 0.3) is 0 Å². The van der Waals surface area contributed by atoms with Crippen LogP contribution in [0, 0.1) is 0 Å². The van der Waals surface area contributed by atoms with Gasteiger partial charge in [-0.3, -0.25) is 4.79 Å². The van der Waals surface area contributed by atoms with Crippen LogP contribution in [0.25, 0.3) is 6.08 Å². The molecule has 0 fully saturated rings. The molecule has 0 aromatic heterocycles. The van der Waals surface area contributed by atoms with Crippen molar-refractivity contribution < 1.29 is 9.53 Å². The molecule has 0 spiro atoms. The Labute approximate surface area is 126 Å². The average molecular weight is 280 g/mol. The van der Waals surface area contributed by atoms with Gasteiger partial charge in [-0.25, -0.2) is 0 Å². The molecule has 0 heterocycles. The van der Waals surface area contributed by atoms with Gasteiger partial charge in [-0.1, -0.05) is 61.5 Å². The van der Waals surface area contributed by atoms with E-state index in [-0.39, 0.29) is 12.4 Å². The zero-order valence-electron chi connectivity index (χ0n) is 12.5. The molecule has 0 aliphatic heterocycles. The lowest BCUT2D eigenvalue weighted by Crippen LogP contribution is -2.12. The van der Waals surface area contributed by atoms with E-state index in [0.29, 0.717) is 5.56 Å². The minimum Gasteiger partial charge on any atom is -0.485 e. The first-order chi connectivity index (χ1) is 10.2. The molecular formula is C19H20O2. The molecule has 2 nitrogen and oxygen atoms in total. The van der Waals surface area contributed by atoms with Crippen molar-refractivity contribution in [3.05, 3.63) is 71.3 Å². The van der Waals surface area contributed by atoms with Crippen molar-refractivity contribution in [2.24, 2.45) is 0 Å². The van der Waals surface area contributed by atoms with Crippen LogP contribution in [-0.4, -0.2) is 12.4 Å². The highest BCUT2D eigenvalue weighted by Gasteiger charge is 2.08. The van der Waals surface area contributed by atoms with Gasteiger partial charge in [0.15, 0.2) is 12.4 Å². The Morgan fingerprint density at radius 1 is 1.10 bits per heavy atom. The molecule has 2 aromatic rings. The first kappa shape index (κ1) is 15.0. The minimum atomic E-state index is -0.00654. The fraction of sp³-hybridized carbons (Fsp3) is 0.211. The van der Waals surface area contributed by atoms with Crippen LogP contribution >= 0.6 is 0 Å². The molecule has 2 rings (SSSR count). The van der Waals surface area contributed by atoms with E-state index in [9.17, 15) is 4.79 Å². The third-order valence-corrected chi connectivity index (χ3v) is 3.31. The van der Waals surface area contributed by atoms with Gasteiger partial charge in [-0.15, -0.1) is 0 Å². The number of Topliss-reactive ketones (excluding diaryl/α,β-unsaturated/α-hetero) is 1. The maximum Gasteiger partial charge on any atom is 0.200 e. The lowest BCUT2D eigenvalue weighted by molar-refractivity contribution is 0.0921. The van der Waals surface area contributed by atoms with Crippen molar-refractivity contribution in [2.45, 2.75) is 20.3 Å². The van der Waals surface area contributed by atoms with Crippen molar-refractivity contribution in [3.8, 4) is 5.75 Å². The van der Waals surface area contributed by atoms with Crippen LogP contribution in [0.4, 0.5) is 0 Å². The Morgan fingerprint density at radius 3 is 2.48 bits per heavy atom. The molecule has 0 aliphatic carbocycles. The second kappa shape index (κ2) is 7.44. The molecule has 0 unspecified atom stereocenters. The van der Waals surface area contributed by atoms with Gasteiger partial charge >= 0.3 is 0 Å². The van der Waals surface area contributed by atoms with Crippen LogP contribution in [0.3, 0.4) is 0 Å². The Balaban J connectivity index is 2.03. The SMILES string of the molecule is CC=Cc1ccccc1OCC(=O)c1ccc(CC)cc1. The number of hydrogen-bond acceptors (Lipinski definition) is 2. The lowest BCUT2D eigenvalue weighted by Gasteiger charge is -2.09. The minimum absolute atomic E-state index is 0.00654. The van der Waals surface area contributed by atoms with E-state index in [4.69, 9.17) is 4.74 Å². The molecule has 108 valence electrons. The molecule has 0 saturated heterocycles. The van der Waals surface area contributed by atoms with Crippen molar-refractivity contribution in [1.29, 1.82) is 0 Å². The summed E-state index contributed by atoms with van der Waals surface area (Å²) >= 11 is 0. The number of ether oxygens (including phenoxy) is 1. The summed E-state index contributed by atoms with van der Waals surface area (Å²) in [5.74, 6) is 0.724. The summed E-state index contributed by atoms with van der Waals surface area (Å²) in [6, 6.07) is 15.4. The lowest BCUT2D eigenvalue weighted by atomic mass is 10.1. The number of para-hydroxylation sites is 1. The summed E-state index contributed by atoms with van der Waals surface area (Å²) in [6.07, 6.45) is 4.89. The van der Waals surface area contributed by atoms with Gasteiger partial charge in [-0.05, 0) is 25.0 Å². The highest BCUT2D eigenvalue weighted by atomic mass is 16.5. The van der Waals surface area contributed by atoms with Gasteiger partial charge in [-0.2, -0.15) is 0 Å². The molecule has 21 heavy (non-hydrogen) atoms. The molecule has 2 heteroatoms. The smallest absolute Gasteiger partial charge is 0.200 e. The fourth-order valence-corrected chi connectivity index (χ4v) is 2.08. The van der Waals surface area contributed by atoms with Crippen LogP contribution in [-0.2, 0) is 6.42 Å². The maximum atomic E-state index is 12.1. The molecule has 0 atom stereocenters. The summed E-state index contributed by atoms with van der Waals surface area (Å²) in [5.41, 5.74) is 2.90. The molecule has 0 N–H and O–H groups in total. The number of allylic oxidation sites excluding steroid dienone is 1. The third-order valence-electron chi connectivity index (χ3n) is 3.31. The molecule has 0 bridgehead atoms. The van der Waals surface area contributed by atoms with Gasteiger partial charge in [0.2, 0.25) is 0 Å². The number of benzene rings is 2. The quantitative estimate of drug-likeness (QED) is 0.726. The van der Waals surface area contributed by atoms with Crippen LogP contribution in [0.15, 0.2) is 54.6 Å². The van der Waals surface area contributed by atoms with Crippen LogP contribution in [0.1, 0.15) is 35.3 Å². The second-order valence-electron chi connectivity index (χ2n) is 4.80. The molecule has 0 aliphatic rings. The van der Waals surface area contributed by atoms with Crippen LogP contribution < -0.4 is 4.74 Å². The maximum absolute atomic E-state index is 12.1. The molecule has 0 saturated carbocycles. The third kappa shape index (κ3) is 4.06. The second-order valence-corrected chi connectivity index (χ2v) is 4.80. The number of carbonyl (C=O) groups excluding carboxylic acids is 1. The summed E-state index contributed by atoms with van der Waals surface area (Å²) in [6.45, 7) is 4.11. The predicted molar refractivity (Wildman–Crippen MR) is 86.8 cm³/mol. The van der Waals surface area contributed by atoms with Gasteiger partial charge in [0.1, 0.15) is 5.75 Å². The summed E-state index contributed by atoms with van der Waals surface area (Å²) in [4.78, 5) is 12.1. The van der Waals surface area contributed by atoms with E-state index < -0.39 is 0 Å². The largest absolute Gasteiger partial charge is 0.485 e. The monoisotopic (exact) mass is 280 g/mol. The van der Waals surface area contributed by atoms with Crippen molar-refractivity contribution in [3.63, 3.8) is 0 Å². The highest BCUT2D eigenvalue weighted by Crippen LogP contribution is 2.19. The van der Waals surface area contributed by atoms with E-state index in [1.165, 1.54) is 5.56 Å². The Kier molecular flexibility index (Phi) is 5.33. The van der Waals surface area contributed by atoms with E-state index in [0.717, 1.165) is 17.7 Å². The Bertz CT molecular complexity index is 624. The number of hydrogen-bond donors (Lipinski definition) is 0. The van der Waals surface area contributed by atoms with Gasteiger partial charge in [0, 0.05) is 11.1 Å². The van der Waals surface area contributed by atoms with Gasteiger partial charge < -0.3 is 4.74 Å². The van der Waals surface area contributed by atoms with Crippen molar-refractivity contribution in [2.75, 3.05) is 6.61 Å². The molecule has 0 radical (unpaired) electrons. The molecule has 0 amide bonds. The normalized spacial score (nSPS) is 10.8. The first-order valence-electron chi connectivity index (χ1n) is 7.21. The van der Waals surface area contributed by atoms with Crippen molar-refractivity contribution >= 4 is 11.9 Å². The van der Waals surface area contributed by atoms with E-state index >= 15 is 0 Å².